The molecule has 0 saturated heterocycles. The van der Waals surface area contributed by atoms with Gasteiger partial charge in [-0.2, -0.15) is 11.3 Å². The number of nitrogens with zero attached hydrogens (tertiary/aromatic N) is 6. The lowest BCUT2D eigenvalue weighted by Crippen LogP contribution is -2.35. The first kappa shape index (κ1) is 16.8. The molecule has 0 bridgehead atoms. The molecule has 1 amide bonds. The molecule has 1 atom stereocenters. The number of hydrogen-bond acceptors (Lipinski definition) is 6. The van der Waals surface area contributed by atoms with Crippen LogP contribution in [0.3, 0.4) is 0 Å². The van der Waals surface area contributed by atoms with Gasteiger partial charge in [0.15, 0.2) is 5.82 Å². The van der Waals surface area contributed by atoms with Crippen molar-refractivity contribution >= 4 is 17.2 Å². The van der Waals surface area contributed by atoms with Gasteiger partial charge in [0.05, 0.1) is 5.92 Å². The number of carbonyl (C=O) groups excluding carboxylic acids is 1. The summed E-state index contributed by atoms with van der Waals surface area (Å²) in [6, 6.07) is 5.96. The van der Waals surface area contributed by atoms with E-state index in [0.29, 0.717) is 18.9 Å². The Hall–Kier alpha value is -2.61. The van der Waals surface area contributed by atoms with Crippen molar-refractivity contribution in [1.82, 2.24) is 30.1 Å². The van der Waals surface area contributed by atoms with Crippen LogP contribution in [-0.2, 0) is 24.4 Å². The van der Waals surface area contributed by atoms with Gasteiger partial charge in [-0.1, -0.05) is 12.5 Å². The van der Waals surface area contributed by atoms with Gasteiger partial charge in [-0.15, -0.1) is 5.10 Å². The molecular weight excluding hydrogens is 348 g/mol. The van der Waals surface area contributed by atoms with Crippen LogP contribution in [0.15, 0.2) is 41.4 Å². The minimum atomic E-state index is -0.289. The van der Waals surface area contributed by atoms with Gasteiger partial charge in [0.2, 0.25) is 5.91 Å². The SMILES string of the molecule is O=C(C1CCCCn2nnnc21)N(Cc1cccnc1)Cc1ccsc1. The van der Waals surface area contributed by atoms with Crippen LogP contribution in [0.5, 0.6) is 0 Å². The number of tetrazole rings is 1. The second kappa shape index (κ2) is 7.74. The number of aromatic nitrogens is 5. The fraction of sp³-hybridized carbons (Fsp3) is 0.389. The third kappa shape index (κ3) is 3.65. The van der Waals surface area contributed by atoms with Crippen molar-refractivity contribution in [2.75, 3.05) is 0 Å². The lowest BCUT2D eigenvalue weighted by Gasteiger charge is -2.26. The van der Waals surface area contributed by atoms with Crippen LogP contribution < -0.4 is 0 Å². The van der Waals surface area contributed by atoms with E-state index in [1.807, 2.05) is 28.6 Å². The summed E-state index contributed by atoms with van der Waals surface area (Å²) in [6.45, 7) is 1.88. The fourth-order valence-corrected chi connectivity index (χ4v) is 4.00. The predicted octanol–water partition coefficient (Wildman–Crippen LogP) is 2.63. The number of rotatable bonds is 5. The van der Waals surface area contributed by atoms with Gasteiger partial charge >= 0.3 is 0 Å². The van der Waals surface area contributed by atoms with Gasteiger partial charge in [0.25, 0.3) is 0 Å². The molecule has 0 aliphatic carbocycles. The van der Waals surface area contributed by atoms with Gasteiger partial charge in [-0.3, -0.25) is 9.78 Å². The maximum absolute atomic E-state index is 13.4. The van der Waals surface area contributed by atoms with E-state index >= 15 is 0 Å². The van der Waals surface area contributed by atoms with E-state index in [1.54, 1.807) is 22.2 Å². The highest BCUT2D eigenvalue weighted by Gasteiger charge is 2.32. The molecule has 1 aliphatic heterocycles. The Morgan fingerprint density at radius 3 is 3.00 bits per heavy atom. The van der Waals surface area contributed by atoms with Crippen LogP contribution in [0.2, 0.25) is 0 Å². The number of amides is 1. The average Bonchev–Trinajstić information content (AvgIpc) is 3.30. The van der Waals surface area contributed by atoms with Crippen LogP contribution in [0.4, 0.5) is 0 Å². The topological polar surface area (TPSA) is 76.8 Å². The summed E-state index contributed by atoms with van der Waals surface area (Å²) in [6.07, 6.45) is 6.32. The Bertz CT molecular complexity index is 848. The third-order valence-corrected chi connectivity index (χ3v) is 5.38. The summed E-state index contributed by atoms with van der Waals surface area (Å²) in [5.74, 6) is 0.481. The highest BCUT2D eigenvalue weighted by Crippen LogP contribution is 2.27. The first-order valence-electron chi connectivity index (χ1n) is 8.76. The average molecular weight is 368 g/mol. The van der Waals surface area contributed by atoms with E-state index < -0.39 is 0 Å². The summed E-state index contributed by atoms with van der Waals surface area (Å²) >= 11 is 1.64. The number of hydrogen-bond donors (Lipinski definition) is 0. The monoisotopic (exact) mass is 368 g/mol. The Kier molecular flexibility index (Phi) is 5.01. The molecule has 8 heteroatoms. The highest BCUT2D eigenvalue weighted by molar-refractivity contribution is 7.07. The standard InChI is InChI=1S/C18H20N6OS/c25-18(16-5-1-2-8-24-17(16)20-21-22-24)23(12-15-6-9-26-13-15)11-14-4-3-7-19-10-14/h3-4,6-7,9-10,13,16H,1-2,5,8,11-12H2. The molecule has 0 fully saturated rings. The molecule has 0 N–H and O–H groups in total. The number of pyridine rings is 1. The minimum absolute atomic E-state index is 0.0815. The van der Waals surface area contributed by atoms with Crippen LogP contribution >= 0.6 is 11.3 Å². The second-order valence-electron chi connectivity index (χ2n) is 6.50. The zero-order valence-corrected chi connectivity index (χ0v) is 15.2. The lowest BCUT2D eigenvalue weighted by atomic mass is 10.00. The van der Waals surface area contributed by atoms with Crippen LogP contribution in [0.25, 0.3) is 0 Å². The molecule has 134 valence electrons. The van der Waals surface area contributed by atoms with E-state index in [4.69, 9.17) is 0 Å². The summed E-state index contributed by atoms with van der Waals surface area (Å²) in [4.78, 5) is 19.5. The Morgan fingerprint density at radius 2 is 2.19 bits per heavy atom. The number of aryl methyl sites for hydroxylation is 1. The van der Waals surface area contributed by atoms with Crippen molar-refractivity contribution in [3.05, 3.63) is 58.3 Å². The second-order valence-corrected chi connectivity index (χ2v) is 7.28. The molecule has 26 heavy (non-hydrogen) atoms. The zero-order valence-electron chi connectivity index (χ0n) is 14.4. The molecular formula is C18H20N6OS. The van der Waals surface area contributed by atoms with Crippen molar-refractivity contribution in [1.29, 1.82) is 0 Å². The van der Waals surface area contributed by atoms with Crippen LogP contribution in [0, 0.1) is 0 Å². The minimum Gasteiger partial charge on any atom is -0.333 e. The van der Waals surface area contributed by atoms with Gasteiger partial charge < -0.3 is 4.90 Å². The van der Waals surface area contributed by atoms with Gasteiger partial charge in [-0.25, -0.2) is 4.68 Å². The predicted molar refractivity (Wildman–Crippen MR) is 97.2 cm³/mol. The van der Waals surface area contributed by atoms with Crippen molar-refractivity contribution in [3.63, 3.8) is 0 Å². The first-order chi connectivity index (χ1) is 12.8. The molecule has 0 saturated carbocycles. The van der Waals surface area contributed by atoms with Crippen LogP contribution in [-0.4, -0.2) is 36.0 Å². The number of thiophene rings is 1. The fourth-order valence-electron chi connectivity index (χ4n) is 3.34. The smallest absolute Gasteiger partial charge is 0.234 e. The number of fused-ring (bicyclic) bond motifs is 1. The molecule has 4 rings (SSSR count). The Balaban J connectivity index is 1.61. The van der Waals surface area contributed by atoms with E-state index in [0.717, 1.165) is 36.9 Å². The quantitative estimate of drug-likeness (QED) is 0.692. The molecule has 4 heterocycles. The third-order valence-electron chi connectivity index (χ3n) is 4.64. The van der Waals surface area contributed by atoms with Crippen molar-refractivity contribution in [2.45, 2.75) is 44.8 Å². The van der Waals surface area contributed by atoms with Crippen LogP contribution in [0.1, 0.15) is 42.1 Å². The first-order valence-corrected chi connectivity index (χ1v) is 9.70. The Morgan fingerprint density at radius 1 is 1.27 bits per heavy atom. The summed E-state index contributed by atoms with van der Waals surface area (Å²) < 4.78 is 1.78. The van der Waals surface area contributed by atoms with Gasteiger partial charge in [-0.05, 0) is 57.3 Å². The van der Waals surface area contributed by atoms with E-state index in [2.05, 4.69) is 32.0 Å². The van der Waals surface area contributed by atoms with E-state index in [9.17, 15) is 4.79 Å². The maximum atomic E-state index is 13.4. The largest absolute Gasteiger partial charge is 0.333 e. The number of carbonyl (C=O) groups is 1. The molecule has 7 nitrogen and oxygen atoms in total. The van der Waals surface area contributed by atoms with E-state index in [1.165, 1.54) is 0 Å². The van der Waals surface area contributed by atoms with Crippen molar-refractivity contribution < 1.29 is 4.79 Å². The normalized spacial score (nSPS) is 16.7. The van der Waals surface area contributed by atoms with Crippen molar-refractivity contribution in [3.8, 4) is 0 Å². The zero-order chi connectivity index (χ0) is 17.8. The van der Waals surface area contributed by atoms with Gasteiger partial charge in [0.1, 0.15) is 0 Å². The molecule has 0 spiro atoms. The van der Waals surface area contributed by atoms with Gasteiger partial charge in [0, 0.05) is 32.0 Å². The molecule has 3 aromatic rings. The molecule has 1 unspecified atom stereocenters. The Labute approximate surface area is 155 Å². The summed E-state index contributed by atoms with van der Waals surface area (Å²) in [5.41, 5.74) is 2.16. The summed E-state index contributed by atoms with van der Waals surface area (Å²) in [7, 11) is 0. The maximum Gasteiger partial charge on any atom is 0.234 e. The molecule has 1 aliphatic rings. The molecule has 3 aromatic heterocycles. The van der Waals surface area contributed by atoms with Crippen molar-refractivity contribution in [2.24, 2.45) is 0 Å². The van der Waals surface area contributed by atoms with E-state index in [-0.39, 0.29) is 11.8 Å². The highest BCUT2D eigenvalue weighted by atomic mass is 32.1. The summed E-state index contributed by atoms with van der Waals surface area (Å²) in [5, 5.41) is 16.1. The molecule has 0 aromatic carbocycles. The lowest BCUT2D eigenvalue weighted by molar-refractivity contribution is -0.134. The molecule has 0 radical (unpaired) electrons.